The van der Waals surface area contributed by atoms with Crippen molar-refractivity contribution in [1.29, 1.82) is 0 Å². The first-order valence-electron chi connectivity index (χ1n) is 11.8. The van der Waals surface area contributed by atoms with E-state index in [1.54, 1.807) is 30.3 Å². The van der Waals surface area contributed by atoms with Crippen LogP contribution in [0.15, 0.2) is 35.3 Å². The molecule has 0 aliphatic carbocycles. The highest BCUT2D eigenvalue weighted by Gasteiger charge is 2.28. The maximum atomic E-state index is 12.7. The van der Waals surface area contributed by atoms with Crippen molar-refractivity contribution in [2.75, 3.05) is 65.3 Å². The summed E-state index contributed by atoms with van der Waals surface area (Å²) >= 11 is 1.51. The molecular formula is C25H33N5O3S. The quantitative estimate of drug-likeness (QED) is 0.484. The molecule has 0 spiro atoms. The monoisotopic (exact) mass is 483 g/mol. The van der Waals surface area contributed by atoms with Crippen LogP contribution in [-0.2, 0) is 17.7 Å². The number of fused-ring (bicyclic) bond motifs is 1. The standard InChI is InChI=1S/C25H33N5O3S/c1-26-17-21-20-9-11-30(25(32)33-16-6-10-29-14-12-28(2)13-15-29)18-22(20)34-24(21)27-23(31)19-7-4-3-5-8-19/h3-5,7-8,17H,6,9-16,18H2,1-2H3,(H,27,31). The lowest BCUT2D eigenvalue weighted by Crippen LogP contribution is -2.44. The van der Waals surface area contributed by atoms with Gasteiger partial charge in [0.15, 0.2) is 0 Å². The molecule has 3 heterocycles. The van der Waals surface area contributed by atoms with Crippen molar-refractivity contribution in [3.8, 4) is 0 Å². The van der Waals surface area contributed by atoms with Crippen LogP contribution in [0.5, 0.6) is 0 Å². The van der Waals surface area contributed by atoms with Crippen LogP contribution in [0, 0.1) is 0 Å². The minimum Gasteiger partial charge on any atom is -0.449 e. The molecular weight excluding hydrogens is 450 g/mol. The van der Waals surface area contributed by atoms with Gasteiger partial charge in [0.05, 0.1) is 13.2 Å². The molecule has 1 aromatic carbocycles. The molecule has 1 N–H and O–H groups in total. The molecule has 2 aliphatic rings. The molecule has 0 saturated carbocycles. The molecule has 0 bridgehead atoms. The van der Waals surface area contributed by atoms with Crippen LogP contribution in [0.4, 0.5) is 9.80 Å². The van der Waals surface area contributed by atoms with Crippen LogP contribution in [0.3, 0.4) is 0 Å². The van der Waals surface area contributed by atoms with E-state index in [4.69, 9.17) is 4.74 Å². The van der Waals surface area contributed by atoms with Crippen molar-refractivity contribution < 1.29 is 14.3 Å². The number of carbonyl (C=O) groups excluding carboxylic acids is 2. The Morgan fingerprint density at radius 2 is 1.91 bits per heavy atom. The van der Waals surface area contributed by atoms with Gasteiger partial charge in [-0.2, -0.15) is 0 Å². The molecule has 0 unspecified atom stereocenters. The molecule has 2 aliphatic heterocycles. The number of nitrogens with zero attached hydrogens (tertiary/aromatic N) is 4. The first-order valence-corrected chi connectivity index (χ1v) is 12.6. The fraction of sp³-hybridized carbons (Fsp3) is 0.480. The molecule has 8 nitrogen and oxygen atoms in total. The number of piperazine rings is 1. The lowest BCUT2D eigenvalue weighted by Gasteiger charge is -2.32. The fourth-order valence-electron chi connectivity index (χ4n) is 4.32. The Bertz CT molecular complexity index is 1020. The van der Waals surface area contributed by atoms with Gasteiger partial charge < -0.3 is 24.8 Å². The number of thiophene rings is 1. The van der Waals surface area contributed by atoms with Crippen LogP contribution in [0.25, 0.3) is 0 Å². The summed E-state index contributed by atoms with van der Waals surface area (Å²) in [5.74, 6) is -0.151. The molecule has 0 radical (unpaired) electrons. The van der Waals surface area contributed by atoms with E-state index in [0.717, 1.165) is 60.1 Å². The Kier molecular flexibility index (Phi) is 8.31. The van der Waals surface area contributed by atoms with E-state index < -0.39 is 0 Å². The number of benzene rings is 1. The number of aliphatic imine (C=N–C) groups is 1. The Balaban J connectivity index is 1.32. The minimum absolute atomic E-state index is 0.151. The predicted octanol–water partition coefficient (Wildman–Crippen LogP) is 3.18. The van der Waals surface area contributed by atoms with Crippen LogP contribution < -0.4 is 5.32 Å². The molecule has 34 heavy (non-hydrogen) atoms. The molecule has 182 valence electrons. The summed E-state index contributed by atoms with van der Waals surface area (Å²) in [4.78, 5) is 37.1. The van der Waals surface area contributed by atoms with E-state index in [9.17, 15) is 9.59 Å². The zero-order valence-electron chi connectivity index (χ0n) is 20.0. The molecule has 2 aromatic rings. The van der Waals surface area contributed by atoms with Gasteiger partial charge in [-0.3, -0.25) is 9.79 Å². The highest BCUT2D eigenvalue weighted by atomic mass is 32.1. The second-order valence-corrected chi connectivity index (χ2v) is 9.84. The van der Waals surface area contributed by atoms with E-state index in [1.165, 1.54) is 11.3 Å². The van der Waals surface area contributed by atoms with Crippen LogP contribution in [0.2, 0.25) is 0 Å². The van der Waals surface area contributed by atoms with Gasteiger partial charge in [0.1, 0.15) is 5.00 Å². The Morgan fingerprint density at radius 1 is 1.15 bits per heavy atom. The molecule has 1 saturated heterocycles. The lowest BCUT2D eigenvalue weighted by molar-refractivity contribution is 0.0894. The summed E-state index contributed by atoms with van der Waals surface area (Å²) in [5, 5.41) is 3.80. The van der Waals surface area contributed by atoms with Crippen LogP contribution >= 0.6 is 11.3 Å². The summed E-state index contributed by atoms with van der Waals surface area (Å²) in [7, 11) is 3.87. The highest BCUT2D eigenvalue weighted by molar-refractivity contribution is 7.17. The Hall–Kier alpha value is -2.75. The van der Waals surface area contributed by atoms with Crippen LogP contribution in [0.1, 0.15) is 32.8 Å². The van der Waals surface area contributed by atoms with Gasteiger partial charge in [-0.15, -0.1) is 11.3 Å². The average molecular weight is 484 g/mol. The summed E-state index contributed by atoms with van der Waals surface area (Å²) < 4.78 is 5.57. The second-order valence-electron chi connectivity index (χ2n) is 8.74. The number of nitrogens with one attached hydrogen (secondary N) is 1. The zero-order chi connectivity index (χ0) is 23.9. The SMILES string of the molecule is CN=Cc1c(NC(=O)c2ccccc2)sc2c1CCN(C(=O)OCCCN1CCN(C)CC1)C2. The number of likely N-dealkylation sites (N-methyl/N-ethyl adjacent to an activating group) is 1. The van der Waals surface area contributed by atoms with Gasteiger partial charge >= 0.3 is 6.09 Å². The lowest BCUT2D eigenvalue weighted by atomic mass is 10.0. The molecule has 4 rings (SSSR count). The van der Waals surface area contributed by atoms with Gasteiger partial charge in [0.25, 0.3) is 5.91 Å². The number of anilines is 1. The normalized spacial score (nSPS) is 17.1. The maximum absolute atomic E-state index is 12.7. The van der Waals surface area contributed by atoms with E-state index in [0.29, 0.717) is 31.7 Å². The Morgan fingerprint density at radius 3 is 2.65 bits per heavy atom. The third kappa shape index (κ3) is 6.02. The van der Waals surface area contributed by atoms with Crippen molar-refractivity contribution >= 4 is 34.6 Å². The van der Waals surface area contributed by atoms with Gasteiger partial charge in [-0.05, 0) is 37.6 Å². The molecule has 1 fully saturated rings. The second kappa shape index (κ2) is 11.6. The third-order valence-corrected chi connectivity index (χ3v) is 7.47. The van der Waals surface area contributed by atoms with E-state index >= 15 is 0 Å². The first-order chi connectivity index (χ1) is 16.5. The maximum Gasteiger partial charge on any atom is 0.410 e. The number of carbonyl (C=O) groups is 2. The average Bonchev–Trinajstić information content (AvgIpc) is 3.19. The number of hydrogen-bond donors (Lipinski definition) is 1. The zero-order valence-corrected chi connectivity index (χ0v) is 20.8. The number of ether oxygens (including phenoxy) is 1. The number of rotatable bonds is 7. The molecule has 2 amide bonds. The van der Waals surface area contributed by atoms with E-state index in [-0.39, 0.29) is 12.0 Å². The molecule has 9 heteroatoms. The van der Waals surface area contributed by atoms with E-state index in [1.807, 2.05) is 18.2 Å². The van der Waals surface area contributed by atoms with Crippen molar-refractivity contribution in [1.82, 2.24) is 14.7 Å². The van der Waals surface area contributed by atoms with Crippen molar-refractivity contribution in [3.63, 3.8) is 0 Å². The van der Waals surface area contributed by atoms with Gasteiger partial charge in [0.2, 0.25) is 0 Å². The van der Waals surface area contributed by atoms with Crippen molar-refractivity contribution in [3.05, 3.63) is 51.9 Å². The highest BCUT2D eigenvalue weighted by Crippen LogP contribution is 2.36. The fourth-order valence-corrected chi connectivity index (χ4v) is 5.55. The number of amides is 2. The summed E-state index contributed by atoms with van der Waals surface area (Å²) in [6.45, 7) is 6.81. The predicted molar refractivity (Wildman–Crippen MR) is 136 cm³/mol. The smallest absolute Gasteiger partial charge is 0.410 e. The topological polar surface area (TPSA) is 77.5 Å². The minimum atomic E-state index is -0.266. The largest absolute Gasteiger partial charge is 0.449 e. The van der Waals surface area contributed by atoms with Crippen molar-refractivity contribution in [2.24, 2.45) is 4.99 Å². The van der Waals surface area contributed by atoms with Crippen molar-refractivity contribution in [2.45, 2.75) is 19.4 Å². The summed E-state index contributed by atoms with van der Waals surface area (Å²) in [6.07, 6.45) is 3.09. The first kappa shape index (κ1) is 24.4. The Labute approximate surface area is 205 Å². The summed E-state index contributed by atoms with van der Waals surface area (Å²) in [6, 6.07) is 9.15. The molecule has 1 aromatic heterocycles. The summed E-state index contributed by atoms with van der Waals surface area (Å²) in [5.41, 5.74) is 2.69. The third-order valence-electron chi connectivity index (χ3n) is 6.32. The van der Waals surface area contributed by atoms with Gasteiger partial charge in [0, 0.05) is 68.5 Å². The van der Waals surface area contributed by atoms with Gasteiger partial charge in [-0.1, -0.05) is 18.2 Å². The molecule has 0 atom stereocenters. The van der Waals surface area contributed by atoms with E-state index in [2.05, 4.69) is 27.2 Å². The number of hydrogen-bond acceptors (Lipinski definition) is 7. The van der Waals surface area contributed by atoms with Crippen LogP contribution in [-0.4, -0.2) is 92.9 Å². The van der Waals surface area contributed by atoms with Gasteiger partial charge in [-0.25, -0.2) is 4.79 Å².